The zero-order valence-electron chi connectivity index (χ0n) is 15.8. The lowest BCUT2D eigenvalue weighted by Crippen LogP contribution is -2.49. The summed E-state index contributed by atoms with van der Waals surface area (Å²) in [7, 11) is 1.54. The largest absolute Gasteiger partial charge is 0.483 e. The normalized spacial score (nSPS) is 11.7. The summed E-state index contributed by atoms with van der Waals surface area (Å²) in [4.78, 5) is 26.8. The molecule has 0 radical (unpaired) electrons. The van der Waals surface area contributed by atoms with E-state index in [1.807, 2.05) is 6.92 Å². The van der Waals surface area contributed by atoms with Crippen LogP contribution in [0.2, 0.25) is 15.1 Å². The lowest BCUT2D eigenvalue weighted by atomic mass is 10.1. The second-order valence-corrected chi connectivity index (χ2v) is 8.28. The van der Waals surface area contributed by atoms with E-state index in [4.69, 9.17) is 39.5 Å². The molecule has 0 heterocycles. The number of likely N-dealkylation sites (N-methyl/N-ethyl adjacent to an activating group) is 1. The highest BCUT2D eigenvalue weighted by Crippen LogP contribution is 2.28. The van der Waals surface area contributed by atoms with E-state index < -0.39 is 6.04 Å². The van der Waals surface area contributed by atoms with E-state index in [-0.39, 0.29) is 25.0 Å². The average molecular weight is 523 g/mol. The summed E-state index contributed by atoms with van der Waals surface area (Å²) in [5, 5.41) is 3.95. The molecule has 0 fully saturated rings. The molecule has 29 heavy (non-hydrogen) atoms. The van der Waals surface area contributed by atoms with Crippen molar-refractivity contribution in [2.75, 3.05) is 13.7 Å². The Morgan fingerprint density at radius 3 is 2.45 bits per heavy atom. The maximum atomic E-state index is 13.0. The third-order valence-electron chi connectivity index (χ3n) is 4.21. The Morgan fingerprint density at radius 2 is 1.86 bits per heavy atom. The zero-order chi connectivity index (χ0) is 21.6. The quantitative estimate of drug-likeness (QED) is 0.509. The number of carbonyl (C=O) groups is 2. The van der Waals surface area contributed by atoms with Crippen molar-refractivity contribution in [2.45, 2.75) is 25.9 Å². The monoisotopic (exact) mass is 520 g/mol. The van der Waals surface area contributed by atoms with Gasteiger partial charge < -0.3 is 15.0 Å². The molecule has 0 aliphatic carbocycles. The molecular weight excluding hydrogens is 502 g/mol. The van der Waals surface area contributed by atoms with E-state index in [9.17, 15) is 9.59 Å². The first-order valence-corrected chi connectivity index (χ1v) is 10.7. The van der Waals surface area contributed by atoms with Crippen LogP contribution in [0.25, 0.3) is 0 Å². The molecule has 2 rings (SSSR count). The number of halogens is 4. The van der Waals surface area contributed by atoms with Crippen LogP contribution < -0.4 is 10.1 Å². The fourth-order valence-electron chi connectivity index (χ4n) is 2.74. The number of nitrogens with zero attached hydrogens (tertiary/aromatic N) is 1. The zero-order valence-corrected chi connectivity index (χ0v) is 19.7. The van der Waals surface area contributed by atoms with Gasteiger partial charge in [-0.25, -0.2) is 0 Å². The summed E-state index contributed by atoms with van der Waals surface area (Å²) < 4.78 is 6.28. The van der Waals surface area contributed by atoms with E-state index in [0.29, 0.717) is 31.7 Å². The van der Waals surface area contributed by atoms with Gasteiger partial charge in [0.05, 0.1) is 14.5 Å². The third-order valence-corrected chi connectivity index (χ3v) is 5.81. The van der Waals surface area contributed by atoms with Gasteiger partial charge in [-0.15, -0.1) is 0 Å². The Balaban J connectivity index is 2.23. The number of ether oxygens (including phenoxy) is 1. The van der Waals surface area contributed by atoms with E-state index in [1.54, 1.807) is 36.4 Å². The van der Waals surface area contributed by atoms with Gasteiger partial charge in [-0.1, -0.05) is 47.8 Å². The highest BCUT2D eigenvalue weighted by molar-refractivity contribution is 9.10. The number of benzene rings is 2. The molecule has 2 amide bonds. The molecule has 9 heteroatoms. The smallest absolute Gasteiger partial charge is 0.261 e. The van der Waals surface area contributed by atoms with E-state index in [2.05, 4.69) is 21.2 Å². The SMILES string of the molecule is CCC(C(=O)NC)N(Cc1ccc(Cl)c(Cl)c1)C(=O)COc1ccc(Cl)cc1Br. The Bertz CT molecular complexity index is 895. The van der Waals surface area contributed by atoms with Crippen LogP contribution in [0.3, 0.4) is 0 Å². The van der Waals surface area contributed by atoms with Gasteiger partial charge in [-0.2, -0.15) is 0 Å². The van der Waals surface area contributed by atoms with Crippen LogP contribution in [-0.2, 0) is 16.1 Å². The van der Waals surface area contributed by atoms with Crippen molar-refractivity contribution < 1.29 is 14.3 Å². The molecule has 5 nitrogen and oxygen atoms in total. The Hall–Kier alpha value is -1.47. The van der Waals surface area contributed by atoms with Crippen molar-refractivity contribution in [1.29, 1.82) is 0 Å². The second-order valence-electron chi connectivity index (χ2n) is 6.17. The minimum Gasteiger partial charge on any atom is -0.483 e. The van der Waals surface area contributed by atoms with Crippen LogP contribution in [0.1, 0.15) is 18.9 Å². The molecule has 0 aliphatic rings. The fourth-order valence-corrected chi connectivity index (χ4v) is 3.85. The Kier molecular flexibility index (Phi) is 9.08. The molecule has 0 aliphatic heterocycles. The highest BCUT2D eigenvalue weighted by atomic mass is 79.9. The lowest BCUT2D eigenvalue weighted by molar-refractivity contribution is -0.142. The van der Waals surface area contributed by atoms with E-state index in [1.165, 1.54) is 11.9 Å². The van der Waals surface area contributed by atoms with Crippen LogP contribution in [0.5, 0.6) is 5.75 Å². The number of hydrogen-bond donors (Lipinski definition) is 1. The minimum atomic E-state index is -0.654. The number of nitrogens with one attached hydrogen (secondary N) is 1. The van der Waals surface area contributed by atoms with Gasteiger partial charge in [-0.05, 0) is 58.2 Å². The van der Waals surface area contributed by atoms with Gasteiger partial charge in [0.1, 0.15) is 11.8 Å². The van der Waals surface area contributed by atoms with Crippen molar-refractivity contribution in [1.82, 2.24) is 10.2 Å². The molecule has 0 aromatic heterocycles. The number of amides is 2. The summed E-state index contributed by atoms with van der Waals surface area (Å²) in [6, 6.07) is 9.45. The standard InChI is InChI=1S/C20H20BrCl3N2O3/c1-3-17(20(28)25-2)26(10-12-4-6-15(23)16(24)8-12)19(27)11-29-18-7-5-13(22)9-14(18)21/h4-9,17H,3,10-11H2,1-2H3,(H,25,28). The summed E-state index contributed by atoms with van der Waals surface area (Å²) in [5.41, 5.74) is 0.753. The molecule has 0 bridgehead atoms. The first kappa shape index (κ1) is 23.8. The van der Waals surface area contributed by atoms with E-state index in [0.717, 1.165) is 5.56 Å². The molecule has 0 saturated heterocycles. The fraction of sp³-hybridized carbons (Fsp3) is 0.300. The van der Waals surface area contributed by atoms with Crippen LogP contribution in [0.4, 0.5) is 0 Å². The van der Waals surface area contributed by atoms with Crippen molar-refractivity contribution in [3.63, 3.8) is 0 Å². The molecule has 0 spiro atoms. The topological polar surface area (TPSA) is 58.6 Å². The summed E-state index contributed by atoms with van der Waals surface area (Å²) in [6.07, 6.45) is 0.442. The van der Waals surface area contributed by atoms with Crippen LogP contribution >= 0.6 is 50.7 Å². The number of rotatable bonds is 8. The molecule has 2 aromatic carbocycles. The molecule has 0 saturated carbocycles. The number of carbonyl (C=O) groups excluding carboxylic acids is 2. The van der Waals surface area contributed by atoms with Crippen molar-refractivity contribution in [3.8, 4) is 5.75 Å². The Labute approximate surface area is 193 Å². The molecule has 1 unspecified atom stereocenters. The maximum Gasteiger partial charge on any atom is 0.261 e. The van der Waals surface area contributed by atoms with Gasteiger partial charge in [0.25, 0.3) is 5.91 Å². The summed E-state index contributed by atoms with van der Waals surface area (Å²) in [6.45, 7) is 1.79. The Morgan fingerprint density at radius 1 is 1.14 bits per heavy atom. The number of hydrogen-bond acceptors (Lipinski definition) is 3. The van der Waals surface area contributed by atoms with E-state index >= 15 is 0 Å². The lowest BCUT2D eigenvalue weighted by Gasteiger charge is -2.30. The third kappa shape index (κ3) is 6.51. The first-order chi connectivity index (χ1) is 13.8. The second kappa shape index (κ2) is 11.1. The van der Waals surface area contributed by atoms with Crippen molar-refractivity contribution >= 4 is 62.5 Å². The molecule has 2 aromatic rings. The predicted molar refractivity (Wildman–Crippen MR) is 120 cm³/mol. The van der Waals surface area contributed by atoms with Crippen molar-refractivity contribution in [2.24, 2.45) is 0 Å². The summed E-state index contributed by atoms with van der Waals surface area (Å²) >= 11 is 21.4. The summed E-state index contributed by atoms with van der Waals surface area (Å²) in [5.74, 6) is -0.118. The highest BCUT2D eigenvalue weighted by Gasteiger charge is 2.28. The van der Waals surface area contributed by atoms with Gasteiger partial charge >= 0.3 is 0 Å². The minimum absolute atomic E-state index is 0.187. The van der Waals surface area contributed by atoms with Crippen molar-refractivity contribution in [3.05, 3.63) is 61.5 Å². The van der Waals surface area contributed by atoms with Gasteiger partial charge in [-0.3, -0.25) is 9.59 Å². The van der Waals surface area contributed by atoms with Crippen LogP contribution in [-0.4, -0.2) is 36.4 Å². The maximum absolute atomic E-state index is 13.0. The first-order valence-electron chi connectivity index (χ1n) is 8.79. The average Bonchev–Trinajstić information content (AvgIpc) is 2.69. The van der Waals surface area contributed by atoms with Crippen LogP contribution in [0, 0.1) is 0 Å². The molecule has 156 valence electrons. The predicted octanol–water partition coefficient (Wildman–Crippen LogP) is 5.34. The molecular formula is C20H20BrCl3N2O3. The van der Waals surface area contributed by atoms with Gasteiger partial charge in [0.2, 0.25) is 5.91 Å². The van der Waals surface area contributed by atoms with Gasteiger partial charge in [0, 0.05) is 18.6 Å². The van der Waals surface area contributed by atoms with Crippen LogP contribution in [0.15, 0.2) is 40.9 Å². The van der Waals surface area contributed by atoms with Gasteiger partial charge in [0.15, 0.2) is 6.61 Å². The molecule has 1 N–H and O–H groups in total. The molecule has 1 atom stereocenters.